The van der Waals surface area contributed by atoms with Crippen LogP contribution in [-0.2, 0) is 9.53 Å². The van der Waals surface area contributed by atoms with E-state index in [0.717, 1.165) is 19.2 Å². The summed E-state index contributed by atoms with van der Waals surface area (Å²) in [5, 5.41) is 21.3. The van der Waals surface area contributed by atoms with E-state index in [9.17, 15) is 29.8 Å². The van der Waals surface area contributed by atoms with Gasteiger partial charge < -0.3 is 4.74 Å². The number of carbonyl (C=O) groups excluding carboxylic acids is 2. The topological polar surface area (TPSA) is 130 Å². The fourth-order valence-corrected chi connectivity index (χ4v) is 1.32. The van der Waals surface area contributed by atoms with E-state index >= 15 is 0 Å². The van der Waals surface area contributed by atoms with Crippen LogP contribution < -0.4 is 0 Å². The van der Waals surface area contributed by atoms with Gasteiger partial charge >= 0.3 is 5.97 Å². The predicted molar refractivity (Wildman–Crippen MR) is 60.7 cm³/mol. The molecule has 0 radical (unpaired) electrons. The number of hydrogen-bond donors (Lipinski definition) is 0. The monoisotopic (exact) mass is 268 g/mol. The molecule has 1 aromatic rings. The predicted octanol–water partition coefficient (Wildman–Crippen LogP) is 1.25. The first kappa shape index (κ1) is 14.2. The Kier molecular flexibility index (Phi) is 4.24. The Morgan fingerprint density at radius 1 is 1.21 bits per heavy atom. The number of esters is 1. The molecule has 0 aliphatic rings. The normalized spacial score (nSPS) is 9.74. The molecule has 0 heterocycles. The van der Waals surface area contributed by atoms with Crippen LogP contribution in [0.25, 0.3) is 0 Å². The number of nitro benzene ring substituents is 2. The molecule has 9 nitrogen and oxygen atoms in total. The molecule has 0 aromatic heterocycles. The van der Waals surface area contributed by atoms with Crippen LogP contribution in [0.5, 0.6) is 0 Å². The van der Waals surface area contributed by atoms with Gasteiger partial charge in [0, 0.05) is 6.07 Å². The van der Waals surface area contributed by atoms with Crippen LogP contribution >= 0.6 is 0 Å². The Morgan fingerprint density at radius 2 is 1.84 bits per heavy atom. The first-order valence-electron chi connectivity index (χ1n) is 4.89. The number of ketones is 1. The Bertz CT molecular complexity index is 567. The van der Waals surface area contributed by atoms with Gasteiger partial charge in [0.1, 0.15) is 6.42 Å². The van der Waals surface area contributed by atoms with Crippen molar-refractivity contribution in [3.63, 3.8) is 0 Å². The van der Waals surface area contributed by atoms with Gasteiger partial charge in [-0.1, -0.05) is 0 Å². The molecule has 0 unspecified atom stereocenters. The number of nitrogens with zero attached hydrogens (tertiary/aromatic N) is 2. The van der Waals surface area contributed by atoms with Crippen molar-refractivity contribution in [2.45, 2.75) is 6.42 Å². The summed E-state index contributed by atoms with van der Waals surface area (Å²) >= 11 is 0. The highest BCUT2D eigenvalue weighted by Crippen LogP contribution is 2.25. The summed E-state index contributed by atoms with van der Waals surface area (Å²) in [7, 11) is 1.07. The molecule has 0 bridgehead atoms. The lowest BCUT2D eigenvalue weighted by Gasteiger charge is -2.01. The molecule has 0 aliphatic heterocycles. The lowest BCUT2D eigenvalue weighted by atomic mass is 10.1. The number of methoxy groups -OCH3 is 1. The van der Waals surface area contributed by atoms with E-state index in [1.807, 2.05) is 0 Å². The minimum Gasteiger partial charge on any atom is -0.469 e. The van der Waals surface area contributed by atoms with E-state index in [-0.39, 0.29) is 5.56 Å². The SMILES string of the molecule is COC(=O)CC(=O)c1ccc([N+](=O)[O-])cc1[N+](=O)[O-]. The molecular formula is C10H8N2O7. The number of carbonyl (C=O) groups is 2. The molecule has 0 spiro atoms. The lowest BCUT2D eigenvalue weighted by Crippen LogP contribution is -2.11. The molecule has 0 aliphatic carbocycles. The van der Waals surface area contributed by atoms with Gasteiger partial charge in [-0.2, -0.15) is 0 Å². The maximum atomic E-state index is 11.6. The summed E-state index contributed by atoms with van der Waals surface area (Å²) in [5.74, 6) is -1.69. The average Bonchev–Trinajstić information content (AvgIpc) is 2.37. The third-order valence-electron chi connectivity index (χ3n) is 2.22. The fraction of sp³-hybridized carbons (Fsp3) is 0.200. The number of non-ortho nitro benzene ring substituents is 1. The molecule has 0 saturated heterocycles. The molecule has 0 saturated carbocycles. The second-order valence-corrected chi connectivity index (χ2v) is 3.39. The number of Topliss-reactive ketones (excluding diaryl/α,β-unsaturated/α-hetero) is 1. The van der Waals surface area contributed by atoms with Crippen molar-refractivity contribution in [1.29, 1.82) is 0 Å². The molecule has 0 N–H and O–H groups in total. The number of benzene rings is 1. The van der Waals surface area contributed by atoms with Gasteiger partial charge in [-0.3, -0.25) is 29.8 Å². The maximum absolute atomic E-state index is 11.6. The molecule has 1 rings (SSSR count). The minimum absolute atomic E-state index is 0.374. The van der Waals surface area contributed by atoms with E-state index in [1.54, 1.807) is 0 Å². The number of ether oxygens (including phenoxy) is 1. The summed E-state index contributed by atoms with van der Waals surface area (Å²) in [6.07, 6.45) is -0.671. The van der Waals surface area contributed by atoms with Gasteiger partial charge in [0.05, 0.1) is 28.6 Å². The lowest BCUT2D eigenvalue weighted by molar-refractivity contribution is -0.394. The molecule has 19 heavy (non-hydrogen) atoms. The summed E-state index contributed by atoms with van der Waals surface area (Å²) in [5.41, 5.74) is -1.61. The quantitative estimate of drug-likeness (QED) is 0.258. The highest BCUT2D eigenvalue weighted by Gasteiger charge is 2.25. The Morgan fingerprint density at radius 3 is 2.32 bits per heavy atom. The number of nitro groups is 2. The molecular weight excluding hydrogens is 260 g/mol. The van der Waals surface area contributed by atoms with Crippen LogP contribution in [0.3, 0.4) is 0 Å². The Labute approximate surface area is 106 Å². The zero-order valence-corrected chi connectivity index (χ0v) is 9.69. The van der Waals surface area contributed by atoms with Crippen molar-refractivity contribution in [3.05, 3.63) is 44.0 Å². The Balaban J connectivity index is 3.20. The van der Waals surface area contributed by atoms with Crippen molar-refractivity contribution in [3.8, 4) is 0 Å². The van der Waals surface area contributed by atoms with Crippen LogP contribution in [0, 0.1) is 20.2 Å². The van der Waals surface area contributed by atoms with Crippen LogP contribution in [0.15, 0.2) is 18.2 Å². The van der Waals surface area contributed by atoms with E-state index in [4.69, 9.17) is 0 Å². The largest absolute Gasteiger partial charge is 0.469 e. The number of hydrogen-bond acceptors (Lipinski definition) is 7. The molecule has 9 heteroatoms. The smallest absolute Gasteiger partial charge is 0.313 e. The zero-order chi connectivity index (χ0) is 14.6. The van der Waals surface area contributed by atoms with Crippen molar-refractivity contribution in [2.24, 2.45) is 0 Å². The van der Waals surface area contributed by atoms with E-state index in [2.05, 4.69) is 4.74 Å². The van der Waals surface area contributed by atoms with Gasteiger partial charge in [0.25, 0.3) is 11.4 Å². The molecule has 0 amide bonds. The first-order chi connectivity index (χ1) is 8.86. The summed E-state index contributed by atoms with van der Waals surface area (Å²) in [6, 6.07) is 2.57. The fourth-order valence-electron chi connectivity index (χ4n) is 1.32. The van der Waals surface area contributed by atoms with E-state index < -0.39 is 39.4 Å². The molecule has 0 fully saturated rings. The van der Waals surface area contributed by atoms with Crippen molar-refractivity contribution >= 4 is 23.1 Å². The second-order valence-electron chi connectivity index (χ2n) is 3.39. The standard InChI is InChI=1S/C10H8N2O7/c1-19-10(14)5-9(13)7-3-2-6(11(15)16)4-8(7)12(17)18/h2-4H,5H2,1H3. The van der Waals surface area contributed by atoms with Gasteiger partial charge in [0.15, 0.2) is 5.78 Å². The highest BCUT2D eigenvalue weighted by atomic mass is 16.6. The van der Waals surface area contributed by atoms with E-state index in [0.29, 0.717) is 6.07 Å². The highest BCUT2D eigenvalue weighted by molar-refractivity contribution is 6.08. The summed E-state index contributed by atoms with van der Waals surface area (Å²) in [4.78, 5) is 42.1. The third kappa shape index (κ3) is 3.31. The van der Waals surface area contributed by atoms with E-state index in [1.165, 1.54) is 0 Å². The second kappa shape index (κ2) is 5.67. The van der Waals surface area contributed by atoms with Crippen LogP contribution in [0.4, 0.5) is 11.4 Å². The first-order valence-corrected chi connectivity index (χ1v) is 4.89. The number of rotatable bonds is 5. The zero-order valence-electron chi connectivity index (χ0n) is 9.69. The maximum Gasteiger partial charge on any atom is 0.313 e. The minimum atomic E-state index is -0.919. The summed E-state index contributed by atoms with van der Waals surface area (Å²) < 4.78 is 4.27. The third-order valence-corrected chi connectivity index (χ3v) is 2.22. The molecule has 1 aromatic carbocycles. The van der Waals surface area contributed by atoms with Crippen LogP contribution in [0.2, 0.25) is 0 Å². The van der Waals surface area contributed by atoms with Crippen LogP contribution in [0.1, 0.15) is 16.8 Å². The van der Waals surface area contributed by atoms with Crippen molar-refractivity contribution < 1.29 is 24.2 Å². The van der Waals surface area contributed by atoms with Gasteiger partial charge in [-0.25, -0.2) is 0 Å². The molecule has 100 valence electrons. The molecule has 0 atom stereocenters. The van der Waals surface area contributed by atoms with Gasteiger partial charge in [-0.05, 0) is 6.07 Å². The van der Waals surface area contributed by atoms with Gasteiger partial charge in [-0.15, -0.1) is 0 Å². The Hall–Kier alpha value is -2.84. The van der Waals surface area contributed by atoms with Crippen molar-refractivity contribution in [1.82, 2.24) is 0 Å². The van der Waals surface area contributed by atoms with Crippen LogP contribution in [-0.4, -0.2) is 28.7 Å². The van der Waals surface area contributed by atoms with Crippen molar-refractivity contribution in [2.75, 3.05) is 7.11 Å². The summed E-state index contributed by atoms with van der Waals surface area (Å²) in [6.45, 7) is 0. The average molecular weight is 268 g/mol. The van der Waals surface area contributed by atoms with Gasteiger partial charge in [0.2, 0.25) is 0 Å².